The lowest BCUT2D eigenvalue weighted by Crippen LogP contribution is -2.44. The van der Waals surface area contributed by atoms with E-state index in [4.69, 9.17) is 16.3 Å². The number of nitrogens with zero attached hydrogens (tertiary/aromatic N) is 2. The number of thiophene rings is 1. The van der Waals surface area contributed by atoms with Crippen LogP contribution in [0, 0.1) is 5.41 Å². The molecule has 3 heterocycles. The number of aliphatic carboxylic acids is 1. The van der Waals surface area contributed by atoms with E-state index < -0.39 is 17.5 Å². The average Bonchev–Trinajstić information content (AvgIpc) is 3.36. The normalized spacial score (nSPS) is 17.0. The van der Waals surface area contributed by atoms with Gasteiger partial charge in [-0.2, -0.15) is 11.3 Å². The van der Waals surface area contributed by atoms with E-state index in [-0.39, 0.29) is 0 Å². The summed E-state index contributed by atoms with van der Waals surface area (Å²) in [6.07, 6.45) is 4.69. The van der Waals surface area contributed by atoms with Crippen LogP contribution in [0.3, 0.4) is 0 Å². The quantitative estimate of drug-likeness (QED) is 0.377. The van der Waals surface area contributed by atoms with Crippen molar-refractivity contribution in [2.75, 3.05) is 26.7 Å². The van der Waals surface area contributed by atoms with Gasteiger partial charge in [0.1, 0.15) is 5.75 Å². The first kappa shape index (κ1) is 24.9. The van der Waals surface area contributed by atoms with E-state index in [1.165, 1.54) is 11.8 Å². The summed E-state index contributed by atoms with van der Waals surface area (Å²) in [5.74, 6) is -0.122. The minimum absolute atomic E-state index is 0.320. The Morgan fingerprint density at radius 1 is 1.32 bits per heavy atom. The molecule has 0 amide bonds. The molecule has 6 nitrogen and oxygen atoms in total. The molecule has 2 aromatic heterocycles. The van der Waals surface area contributed by atoms with E-state index in [0.29, 0.717) is 47.5 Å². The number of halogens is 1. The number of aromatic nitrogens is 1. The molecular weight excluding hydrogens is 472 g/mol. The van der Waals surface area contributed by atoms with Gasteiger partial charge in [-0.05, 0) is 98.7 Å². The molecule has 0 bridgehead atoms. The largest absolute Gasteiger partial charge is 0.497 e. The Morgan fingerprint density at radius 3 is 2.79 bits per heavy atom. The zero-order chi connectivity index (χ0) is 24.1. The summed E-state index contributed by atoms with van der Waals surface area (Å²) in [6, 6.07) is 7.62. The fourth-order valence-corrected chi connectivity index (χ4v) is 5.89. The summed E-state index contributed by atoms with van der Waals surface area (Å²) in [7, 11) is 1.58. The number of aliphatic hydroxyl groups is 1. The molecule has 8 heteroatoms. The highest BCUT2D eigenvalue weighted by atomic mass is 35.5. The SMILES string of the molecule is COc1ccc2ncc(Cl)c([C@H](O)CCC3(C(=O)O)CCN(CCCc4ccsc4)CC3)c2c1. The number of fused-ring (bicyclic) bond motifs is 1. The van der Waals surface area contributed by atoms with E-state index in [0.717, 1.165) is 37.9 Å². The van der Waals surface area contributed by atoms with Crippen LogP contribution in [0.2, 0.25) is 5.02 Å². The highest BCUT2D eigenvalue weighted by molar-refractivity contribution is 7.07. The Bertz CT molecular complexity index is 1110. The molecule has 1 aromatic carbocycles. The van der Waals surface area contributed by atoms with E-state index in [1.54, 1.807) is 18.4 Å². The number of carboxylic acid groups (broad SMARTS) is 1. The van der Waals surface area contributed by atoms with Crippen molar-refractivity contribution in [1.29, 1.82) is 0 Å². The number of aryl methyl sites for hydroxylation is 1. The minimum Gasteiger partial charge on any atom is -0.497 e. The number of carboxylic acids is 1. The second kappa shape index (κ2) is 11.0. The summed E-state index contributed by atoms with van der Waals surface area (Å²) >= 11 is 8.15. The minimum atomic E-state index is -0.884. The van der Waals surface area contributed by atoms with Gasteiger partial charge in [-0.1, -0.05) is 11.6 Å². The van der Waals surface area contributed by atoms with E-state index in [9.17, 15) is 15.0 Å². The molecule has 3 aromatic rings. The number of piperidine rings is 1. The molecule has 1 fully saturated rings. The number of pyridine rings is 1. The number of ether oxygens (including phenoxy) is 1. The zero-order valence-corrected chi connectivity index (χ0v) is 20.9. The Balaban J connectivity index is 1.39. The molecule has 0 aliphatic carbocycles. The lowest BCUT2D eigenvalue weighted by Gasteiger charge is -2.39. The summed E-state index contributed by atoms with van der Waals surface area (Å²) in [5.41, 5.74) is 1.84. The molecule has 0 saturated carbocycles. The third-order valence-corrected chi connectivity index (χ3v) is 8.12. The Morgan fingerprint density at radius 2 is 2.12 bits per heavy atom. The molecule has 34 heavy (non-hydrogen) atoms. The van der Waals surface area contributed by atoms with Gasteiger partial charge >= 0.3 is 5.97 Å². The summed E-state index contributed by atoms with van der Waals surface area (Å²) in [5, 5.41) is 26.6. The number of benzene rings is 1. The van der Waals surface area contributed by atoms with Gasteiger partial charge in [0, 0.05) is 17.1 Å². The molecule has 0 radical (unpaired) electrons. The van der Waals surface area contributed by atoms with E-state index in [1.807, 2.05) is 18.2 Å². The van der Waals surface area contributed by atoms with Crippen molar-refractivity contribution in [2.45, 2.75) is 44.6 Å². The molecule has 0 spiro atoms. The number of hydrogen-bond acceptors (Lipinski definition) is 6. The Labute approximate surface area is 209 Å². The van der Waals surface area contributed by atoms with Crippen molar-refractivity contribution >= 4 is 39.8 Å². The third kappa shape index (κ3) is 5.54. The van der Waals surface area contributed by atoms with Crippen LogP contribution in [0.25, 0.3) is 10.9 Å². The highest BCUT2D eigenvalue weighted by Gasteiger charge is 2.41. The van der Waals surface area contributed by atoms with Crippen LogP contribution in [-0.4, -0.2) is 52.8 Å². The van der Waals surface area contributed by atoms with Crippen molar-refractivity contribution in [3.05, 3.63) is 57.4 Å². The first-order valence-corrected chi connectivity index (χ1v) is 13.0. The first-order chi connectivity index (χ1) is 16.4. The van der Waals surface area contributed by atoms with Crippen LogP contribution >= 0.6 is 22.9 Å². The second-order valence-corrected chi connectivity index (χ2v) is 10.3. The van der Waals surface area contributed by atoms with Crippen molar-refractivity contribution in [3.63, 3.8) is 0 Å². The zero-order valence-electron chi connectivity index (χ0n) is 19.4. The van der Waals surface area contributed by atoms with Crippen molar-refractivity contribution in [1.82, 2.24) is 9.88 Å². The van der Waals surface area contributed by atoms with Gasteiger partial charge in [-0.15, -0.1) is 0 Å². The molecule has 1 saturated heterocycles. The number of carbonyl (C=O) groups is 1. The third-order valence-electron chi connectivity index (χ3n) is 7.08. The van der Waals surface area contributed by atoms with Gasteiger partial charge in [-0.25, -0.2) is 0 Å². The molecule has 2 N–H and O–H groups in total. The summed E-state index contributed by atoms with van der Waals surface area (Å²) < 4.78 is 5.32. The van der Waals surface area contributed by atoms with Crippen molar-refractivity contribution < 1.29 is 19.7 Å². The van der Waals surface area contributed by atoms with Gasteiger partial charge in [-0.3, -0.25) is 9.78 Å². The fraction of sp³-hybridized carbons (Fsp3) is 0.462. The maximum Gasteiger partial charge on any atom is 0.309 e. The van der Waals surface area contributed by atoms with Gasteiger partial charge in [0.15, 0.2) is 0 Å². The average molecular weight is 503 g/mol. The molecular formula is C26H31ClN2O4S. The molecule has 0 unspecified atom stereocenters. The number of aliphatic hydroxyl groups excluding tert-OH is 1. The van der Waals surface area contributed by atoms with Gasteiger partial charge in [0.05, 0.1) is 29.2 Å². The monoisotopic (exact) mass is 502 g/mol. The first-order valence-electron chi connectivity index (χ1n) is 11.7. The van der Waals surface area contributed by atoms with Crippen LogP contribution in [0.1, 0.15) is 49.3 Å². The van der Waals surface area contributed by atoms with Crippen LogP contribution in [0.5, 0.6) is 5.75 Å². The summed E-state index contributed by atoms with van der Waals surface area (Å²) in [4.78, 5) is 19.0. The van der Waals surface area contributed by atoms with Crippen LogP contribution in [-0.2, 0) is 11.2 Å². The number of likely N-dealkylation sites (tertiary alicyclic amines) is 1. The Hall–Kier alpha value is -2.19. The topological polar surface area (TPSA) is 82.9 Å². The fourth-order valence-electron chi connectivity index (χ4n) is 4.91. The standard InChI is InChI=1S/C26H31ClN2O4S/c1-33-19-4-5-22-20(15-19)24(21(27)16-28-22)23(30)6-8-26(25(31)32)9-12-29(13-10-26)11-2-3-18-7-14-34-17-18/h4-5,7,14-17,23,30H,2-3,6,8-13H2,1H3,(H,31,32)/t23-/m1/s1. The van der Waals surface area contributed by atoms with E-state index >= 15 is 0 Å². The number of rotatable bonds is 10. The highest BCUT2D eigenvalue weighted by Crippen LogP contribution is 2.41. The van der Waals surface area contributed by atoms with Gasteiger partial charge < -0.3 is 19.8 Å². The van der Waals surface area contributed by atoms with Crippen molar-refractivity contribution in [3.8, 4) is 5.75 Å². The predicted molar refractivity (Wildman–Crippen MR) is 136 cm³/mol. The van der Waals surface area contributed by atoms with E-state index in [2.05, 4.69) is 26.7 Å². The molecule has 182 valence electrons. The number of hydrogen-bond donors (Lipinski definition) is 2. The second-order valence-electron chi connectivity index (χ2n) is 9.12. The lowest BCUT2D eigenvalue weighted by atomic mass is 9.74. The van der Waals surface area contributed by atoms with Gasteiger partial charge in [0.25, 0.3) is 0 Å². The number of methoxy groups -OCH3 is 1. The smallest absolute Gasteiger partial charge is 0.309 e. The maximum absolute atomic E-state index is 12.3. The van der Waals surface area contributed by atoms with Gasteiger partial charge in [0.2, 0.25) is 0 Å². The Kier molecular flexibility index (Phi) is 8.09. The van der Waals surface area contributed by atoms with Crippen LogP contribution in [0.15, 0.2) is 41.2 Å². The molecule has 1 atom stereocenters. The molecule has 1 aliphatic rings. The summed E-state index contributed by atoms with van der Waals surface area (Å²) in [6.45, 7) is 2.51. The predicted octanol–water partition coefficient (Wildman–Crippen LogP) is 5.57. The van der Waals surface area contributed by atoms with Crippen LogP contribution in [0.4, 0.5) is 0 Å². The van der Waals surface area contributed by atoms with Crippen LogP contribution < -0.4 is 4.74 Å². The van der Waals surface area contributed by atoms with Crippen molar-refractivity contribution in [2.24, 2.45) is 5.41 Å². The molecule has 1 aliphatic heterocycles. The maximum atomic E-state index is 12.3. The molecule has 4 rings (SSSR count). The lowest BCUT2D eigenvalue weighted by molar-refractivity contribution is -0.153.